The van der Waals surface area contributed by atoms with Crippen LogP contribution in [-0.4, -0.2) is 41.8 Å². The number of hydrogen-bond acceptors (Lipinski definition) is 3. The van der Waals surface area contributed by atoms with Crippen LogP contribution >= 0.6 is 0 Å². The smallest absolute Gasteiger partial charge is 0.0900 e. The van der Waals surface area contributed by atoms with Crippen molar-refractivity contribution in [3.05, 3.63) is 35.9 Å². The molecule has 3 atom stereocenters. The first-order valence-electron chi connectivity index (χ1n) is 8.29. The topological polar surface area (TPSA) is 32.7 Å². The molecule has 1 heterocycles. The predicted molar refractivity (Wildman–Crippen MR) is 86.3 cm³/mol. The van der Waals surface area contributed by atoms with Crippen molar-refractivity contribution in [1.82, 2.24) is 4.90 Å². The molecule has 0 aliphatic carbocycles. The third kappa shape index (κ3) is 5.10. The van der Waals surface area contributed by atoms with Crippen LogP contribution in [0.25, 0.3) is 0 Å². The minimum Gasteiger partial charge on any atom is -0.389 e. The molecule has 118 valence electrons. The van der Waals surface area contributed by atoms with Gasteiger partial charge in [0.25, 0.3) is 0 Å². The Labute approximate surface area is 128 Å². The number of hydrogen-bond donors (Lipinski definition) is 1. The van der Waals surface area contributed by atoms with E-state index in [-0.39, 0.29) is 6.10 Å². The molecule has 1 N–H and O–H groups in total. The number of benzene rings is 1. The van der Waals surface area contributed by atoms with E-state index >= 15 is 0 Å². The Bertz CT molecular complexity index is 395. The van der Waals surface area contributed by atoms with Crippen molar-refractivity contribution in [2.45, 2.75) is 57.8 Å². The van der Waals surface area contributed by atoms with Gasteiger partial charge in [0.15, 0.2) is 0 Å². The fourth-order valence-corrected chi connectivity index (χ4v) is 3.10. The number of aliphatic hydroxyl groups is 1. The standard InChI is InChI=1S/C18H29NO2/c1-3-18(16-10-5-4-6-11-16)21-14-17(20)13-19-12-8-7-9-15(19)2/h4-6,10-11,15,17-18,20H,3,7-9,12-14H2,1-2H3/t15-,17+,18+/m1/s1. The fourth-order valence-electron chi connectivity index (χ4n) is 3.10. The largest absolute Gasteiger partial charge is 0.389 e. The second-order valence-corrected chi connectivity index (χ2v) is 6.13. The van der Waals surface area contributed by atoms with E-state index in [2.05, 4.69) is 30.9 Å². The zero-order valence-electron chi connectivity index (χ0n) is 13.4. The van der Waals surface area contributed by atoms with Crippen molar-refractivity contribution in [2.75, 3.05) is 19.7 Å². The van der Waals surface area contributed by atoms with Crippen molar-refractivity contribution in [3.8, 4) is 0 Å². The average Bonchev–Trinajstić information content (AvgIpc) is 2.51. The highest BCUT2D eigenvalue weighted by Gasteiger charge is 2.21. The summed E-state index contributed by atoms with van der Waals surface area (Å²) in [6.07, 6.45) is 4.42. The summed E-state index contributed by atoms with van der Waals surface area (Å²) in [5.74, 6) is 0. The Balaban J connectivity index is 1.78. The van der Waals surface area contributed by atoms with Crippen LogP contribution in [-0.2, 0) is 4.74 Å². The summed E-state index contributed by atoms with van der Waals surface area (Å²) in [5.41, 5.74) is 1.19. The number of aliphatic hydroxyl groups excluding tert-OH is 1. The minimum absolute atomic E-state index is 0.0830. The average molecular weight is 291 g/mol. The molecule has 1 saturated heterocycles. The Morgan fingerprint density at radius 3 is 2.71 bits per heavy atom. The van der Waals surface area contributed by atoms with Crippen molar-refractivity contribution in [2.24, 2.45) is 0 Å². The maximum Gasteiger partial charge on any atom is 0.0900 e. The van der Waals surface area contributed by atoms with E-state index in [4.69, 9.17) is 4.74 Å². The van der Waals surface area contributed by atoms with E-state index in [0.717, 1.165) is 19.5 Å². The fraction of sp³-hybridized carbons (Fsp3) is 0.667. The minimum atomic E-state index is -0.400. The molecule has 21 heavy (non-hydrogen) atoms. The summed E-state index contributed by atoms with van der Waals surface area (Å²) in [6, 6.07) is 10.9. The summed E-state index contributed by atoms with van der Waals surface area (Å²) in [6.45, 7) is 6.62. The summed E-state index contributed by atoms with van der Waals surface area (Å²) in [5, 5.41) is 10.2. The van der Waals surface area contributed by atoms with Crippen LogP contribution in [0.5, 0.6) is 0 Å². The summed E-state index contributed by atoms with van der Waals surface area (Å²) in [7, 11) is 0. The highest BCUT2D eigenvalue weighted by Crippen LogP contribution is 2.21. The molecule has 1 fully saturated rings. The molecule has 3 nitrogen and oxygen atoms in total. The number of ether oxygens (including phenoxy) is 1. The number of rotatable bonds is 7. The van der Waals surface area contributed by atoms with Gasteiger partial charge in [0, 0.05) is 12.6 Å². The highest BCUT2D eigenvalue weighted by atomic mass is 16.5. The van der Waals surface area contributed by atoms with Crippen molar-refractivity contribution in [3.63, 3.8) is 0 Å². The summed E-state index contributed by atoms with van der Waals surface area (Å²) < 4.78 is 5.94. The third-order valence-corrected chi connectivity index (χ3v) is 4.42. The number of nitrogens with zero attached hydrogens (tertiary/aromatic N) is 1. The van der Waals surface area contributed by atoms with Gasteiger partial charge in [-0.05, 0) is 38.3 Å². The monoisotopic (exact) mass is 291 g/mol. The van der Waals surface area contributed by atoms with E-state index in [1.54, 1.807) is 0 Å². The lowest BCUT2D eigenvalue weighted by Crippen LogP contribution is -2.43. The molecule has 0 unspecified atom stereocenters. The van der Waals surface area contributed by atoms with Gasteiger partial charge >= 0.3 is 0 Å². The second kappa shape index (κ2) is 8.52. The van der Waals surface area contributed by atoms with E-state index in [1.165, 1.54) is 24.8 Å². The predicted octanol–water partition coefficient (Wildman–Crippen LogP) is 3.39. The van der Waals surface area contributed by atoms with E-state index < -0.39 is 6.10 Å². The molecule has 1 aromatic carbocycles. The summed E-state index contributed by atoms with van der Waals surface area (Å²) >= 11 is 0. The Hall–Kier alpha value is -0.900. The second-order valence-electron chi connectivity index (χ2n) is 6.13. The Kier molecular flexibility index (Phi) is 6.68. The van der Waals surface area contributed by atoms with Crippen LogP contribution in [0, 0.1) is 0 Å². The molecular formula is C18H29NO2. The van der Waals surface area contributed by atoms with E-state index in [1.807, 2.05) is 18.2 Å². The van der Waals surface area contributed by atoms with Gasteiger partial charge in [-0.2, -0.15) is 0 Å². The highest BCUT2D eigenvalue weighted by molar-refractivity contribution is 5.17. The lowest BCUT2D eigenvalue weighted by atomic mass is 10.0. The zero-order valence-corrected chi connectivity index (χ0v) is 13.4. The first-order chi connectivity index (χ1) is 10.2. The molecule has 1 aliphatic heterocycles. The number of piperidine rings is 1. The molecule has 0 bridgehead atoms. The molecule has 0 radical (unpaired) electrons. The van der Waals surface area contributed by atoms with Crippen LogP contribution in [0.2, 0.25) is 0 Å². The van der Waals surface area contributed by atoms with Gasteiger partial charge in [-0.15, -0.1) is 0 Å². The van der Waals surface area contributed by atoms with Crippen LogP contribution < -0.4 is 0 Å². The third-order valence-electron chi connectivity index (χ3n) is 4.42. The molecule has 1 aromatic rings. The molecule has 0 aromatic heterocycles. The normalized spacial score (nSPS) is 22.9. The molecule has 0 spiro atoms. The van der Waals surface area contributed by atoms with Crippen molar-refractivity contribution < 1.29 is 9.84 Å². The van der Waals surface area contributed by atoms with Crippen LogP contribution in [0.1, 0.15) is 51.2 Å². The molecule has 3 heteroatoms. The maximum absolute atomic E-state index is 10.2. The van der Waals surface area contributed by atoms with Gasteiger partial charge in [-0.1, -0.05) is 43.7 Å². The van der Waals surface area contributed by atoms with E-state index in [0.29, 0.717) is 12.6 Å². The van der Waals surface area contributed by atoms with Gasteiger partial charge in [0.05, 0.1) is 18.8 Å². The van der Waals surface area contributed by atoms with Gasteiger partial charge in [-0.25, -0.2) is 0 Å². The lowest BCUT2D eigenvalue weighted by Gasteiger charge is -2.34. The Morgan fingerprint density at radius 2 is 2.05 bits per heavy atom. The zero-order chi connectivity index (χ0) is 15.1. The van der Waals surface area contributed by atoms with Gasteiger partial charge < -0.3 is 9.84 Å². The SMILES string of the molecule is CC[C@H](OC[C@@H](O)CN1CCCC[C@H]1C)c1ccccc1. The first-order valence-corrected chi connectivity index (χ1v) is 8.29. The maximum atomic E-state index is 10.2. The summed E-state index contributed by atoms with van der Waals surface area (Å²) in [4.78, 5) is 2.39. The molecular weight excluding hydrogens is 262 g/mol. The number of likely N-dealkylation sites (tertiary alicyclic amines) is 1. The number of β-amino-alcohol motifs (C(OH)–C–C–N with tert-alkyl or cyclic N) is 1. The van der Waals surface area contributed by atoms with E-state index in [9.17, 15) is 5.11 Å². The molecule has 1 aliphatic rings. The van der Waals surface area contributed by atoms with Crippen LogP contribution in [0.15, 0.2) is 30.3 Å². The molecule has 2 rings (SSSR count). The lowest BCUT2D eigenvalue weighted by molar-refractivity contribution is -0.0303. The molecule has 0 amide bonds. The van der Waals surface area contributed by atoms with Gasteiger partial charge in [0.1, 0.15) is 0 Å². The van der Waals surface area contributed by atoms with Crippen LogP contribution in [0.4, 0.5) is 0 Å². The molecule has 0 saturated carbocycles. The Morgan fingerprint density at radius 1 is 1.29 bits per heavy atom. The van der Waals surface area contributed by atoms with Crippen molar-refractivity contribution >= 4 is 0 Å². The van der Waals surface area contributed by atoms with Crippen LogP contribution in [0.3, 0.4) is 0 Å². The van der Waals surface area contributed by atoms with Gasteiger partial charge in [0.2, 0.25) is 0 Å². The first kappa shape index (κ1) is 16.5. The quantitative estimate of drug-likeness (QED) is 0.836. The van der Waals surface area contributed by atoms with Gasteiger partial charge in [-0.3, -0.25) is 4.90 Å². The van der Waals surface area contributed by atoms with Crippen molar-refractivity contribution in [1.29, 1.82) is 0 Å².